The number of nitrogens with two attached hydrogens (primary N) is 2. The molecule has 0 aromatic rings. The second-order valence-electron chi connectivity index (χ2n) is 8.65. The van der Waals surface area contributed by atoms with Crippen molar-refractivity contribution in [1.82, 2.24) is 10.6 Å². The van der Waals surface area contributed by atoms with Gasteiger partial charge in [0.1, 0.15) is 6.04 Å². The summed E-state index contributed by atoms with van der Waals surface area (Å²) >= 11 is 0. The van der Waals surface area contributed by atoms with E-state index in [0.29, 0.717) is 11.0 Å². The van der Waals surface area contributed by atoms with Crippen molar-refractivity contribution in [2.45, 2.75) is 65.1 Å². The fourth-order valence-corrected chi connectivity index (χ4v) is 3.83. The maximum Gasteiger partial charge on any atom is 0.275 e. The zero-order chi connectivity index (χ0) is 20.8. The van der Waals surface area contributed by atoms with Gasteiger partial charge in [-0.3, -0.25) is 14.4 Å². The topological polar surface area (TPSA) is 127 Å². The average molecular weight is 385 g/mol. The highest BCUT2D eigenvalue weighted by molar-refractivity contribution is 5.89. The third-order valence-electron chi connectivity index (χ3n) is 5.60. The number of amides is 3. The number of primary amides is 1. The number of piperidine rings is 1. The third kappa shape index (κ3) is 6.77. The second kappa shape index (κ2) is 10.0. The largest absolute Gasteiger partial charge is 0.365 e. The highest BCUT2D eigenvalue weighted by Gasteiger charge is 2.40. The molecule has 6 N–H and O–H groups in total. The molecule has 8 nitrogen and oxygen atoms in total. The van der Waals surface area contributed by atoms with Gasteiger partial charge in [0.05, 0.1) is 26.2 Å². The average Bonchev–Trinajstić information content (AvgIpc) is 2.58. The molecular weight excluding hydrogens is 346 g/mol. The summed E-state index contributed by atoms with van der Waals surface area (Å²) in [5.74, 6) is -0.617. The van der Waals surface area contributed by atoms with Crippen molar-refractivity contribution in [3.05, 3.63) is 0 Å². The van der Waals surface area contributed by atoms with Crippen LogP contribution in [-0.2, 0) is 14.4 Å². The summed E-state index contributed by atoms with van der Waals surface area (Å²) < 4.78 is 0.627. The van der Waals surface area contributed by atoms with Gasteiger partial charge in [-0.2, -0.15) is 0 Å². The molecule has 3 unspecified atom stereocenters. The van der Waals surface area contributed by atoms with E-state index in [1.807, 2.05) is 20.8 Å². The first-order valence-electron chi connectivity index (χ1n) is 9.95. The molecule has 1 rings (SSSR count). The molecule has 1 fully saturated rings. The lowest BCUT2D eigenvalue weighted by atomic mass is 9.96. The lowest BCUT2D eigenvalue weighted by molar-refractivity contribution is -0.932. The highest BCUT2D eigenvalue weighted by atomic mass is 16.2. The Kier molecular flexibility index (Phi) is 8.68. The number of nitrogens with one attached hydrogen (secondary N) is 2. The van der Waals surface area contributed by atoms with Crippen molar-refractivity contribution in [2.75, 3.05) is 26.7 Å². The Balaban J connectivity index is 2.50. The molecule has 3 amide bonds. The van der Waals surface area contributed by atoms with Crippen LogP contribution in [0.4, 0.5) is 0 Å². The minimum atomic E-state index is -0.646. The smallest absolute Gasteiger partial charge is 0.275 e. The summed E-state index contributed by atoms with van der Waals surface area (Å²) in [7, 11) is 2.07. The fraction of sp³-hybridized carbons (Fsp3) is 0.842. The van der Waals surface area contributed by atoms with E-state index in [2.05, 4.69) is 17.7 Å². The van der Waals surface area contributed by atoms with Gasteiger partial charge in [0, 0.05) is 18.9 Å². The lowest BCUT2D eigenvalue weighted by Gasteiger charge is -2.44. The van der Waals surface area contributed by atoms with Crippen LogP contribution >= 0.6 is 0 Å². The number of nitrogens with zero attached hydrogens (tertiary/aromatic N) is 1. The molecule has 5 atom stereocenters. The molecule has 0 spiro atoms. The Labute approximate surface area is 163 Å². The van der Waals surface area contributed by atoms with Crippen LogP contribution in [0.2, 0.25) is 0 Å². The first-order chi connectivity index (χ1) is 12.5. The number of hydrogen-bond donors (Lipinski definition) is 4. The zero-order valence-corrected chi connectivity index (χ0v) is 17.5. The van der Waals surface area contributed by atoms with E-state index in [9.17, 15) is 14.4 Å². The Morgan fingerprint density at radius 3 is 2.30 bits per heavy atom. The molecule has 0 saturated carbocycles. The SMILES string of the molecule is CC(CNC(=O)C(C)NC(=O)[C@@H](N)C(C)C)C[N+]1(C)CCCC[C@@H]1C(N)=O. The monoisotopic (exact) mass is 384 g/mol. The predicted molar refractivity (Wildman–Crippen MR) is 105 cm³/mol. The molecule has 0 aromatic heterocycles. The van der Waals surface area contributed by atoms with Gasteiger partial charge >= 0.3 is 0 Å². The summed E-state index contributed by atoms with van der Waals surface area (Å²) in [6, 6.07) is -1.44. The number of rotatable bonds is 9. The van der Waals surface area contributed by atoms with Gasteiger partial charge in [-0.05, 0) is 25.7 Å². The summed E-state index contributed by atoms with van der Waals surface area (Å²) in [6.07, 6.45) is 2.94. The van der Waals surface area contributed by atoms with E-state index in [0.717, 1.165) is 32.4 Å². The quantitative estimate of drug-likeness (QED) is 0.407. The van der Waals surface area contributed by atoms with Crippen LogP contribution in [0.25, 0.3) is 0 Å². The van der Waals surface area contributed by atoms with Crippen molar-refractivity contribution < 1.29 is 18.9 Å². The van der Waals surface area contributed by atoms with E-state index >= 15 is 0 Å². The van der Waals surface area contributed by atoms with Gasteiger partial charge in [-0.25, -0.2) is 0 Å². The van der Waals surface area contributed by atoms with Crippen molar-refractivity contribution in [1.29, 1.82) is 0 Å². The summed E-state index contributed by atoms with van der Waals surface area (Å²) in [6.45, 7) is 9.59. The first-order valence-corrected chi connectivity index (χ1v) is 9.95. The normalized spacial score (nSPS) is 26.1. The minimum absolute atomic E-state index is 0.00694. The molecule has 8 heteroatoms. The van der Waals surface area contributed by atoms with Gasteiger partial charge < -0.3 is 26.6 Å². The molecule has 27 heavy (non-hydrogen) atoms. The second-order valence-corrected chi connectivity index (χ2v) is 8.65. The van der Waals surface area contributed by atoms with Crippen molar-refractivity contribution in [3.63, 3.8) is 0 Å². The van der Waals surface area contributed by atoms with Crippen LogP contribution in [0, 0.1) is 11.8 Å². The van der Waals surface area contributed by atoms with Gasteiger partial charge in [0.25, 0.3) is 5.91 Å². The third-order valence-corrected chi connectivity index (χ3v) is 5.60. The summed E-state index contributed by atoms with van der Waals surface area (Å²) in [5.41, 5.74) is 11.4. The first kappa shape index (κ1) is 23.4. The van der Waals surface area contributed by atoms with Crippen LogP contribution in [0.5, 0.6) is 0 Å². The molecule has 0 aromatic carbocycles. The zero-order valence-electron chi connectivity index (χ0n) is 17.5. The van der Waals surface area contributed by atoms with Crippen LogP contribution in [0.3, 0.4) is 0 Å². The minimum Gasteiger partial charge on any atom is -0.365 e. The van der Waals surface area contributed by atoms with Gasteiger partial charge in [-0.1, -0.05) is 20.8 Å². The van der Waals surface area contributed by atoms with Crippen LogP contribution in [0.15, 0.2) is 0 Å². The van der Waals surface area contributed by atoms with E-state index in [1.165, 1.54) is 0 Å². The molecule has 1 saturated heterocycles. The van der Waals surface area contributed by atoms with E-state index in [4.69, 9.17) is 11.5 Å². The van der Waals surface area contributed by atoms with Crippen molar-refractivity contribution in [2.24, 2.45) is 23.3 Å². The van der Waals surface area contributed by atoms with E-state index in [1.54, 1.807) is 6.92 Å². The Morgan fingerprint density at radius 1 is 1.11 bits per heavy atom. The van der Waals surface area contributed by atoms with Crippen LogP contribution in [0.1, 0.15) is 47.0 Å². The Morgan fingerprint density at radius 2 is 1.74 bits per heavy atom. The van der Waals surface area contributed by atoms with E-state index in [-0.39, 0.29) is 35.6 Å². The number of likely N-dealkylation sites (tertiary alicyclic amines) is 1. The van der Waals surface area contributed by atoms with Crippen LogP contribution < -0.4 is 22.1 Å². The lowest BCUT2D eigenvalue weighted by Crippen LogP contribution is -2.62. The molecule has 156 valence electrons. The number of carbonyl (C=O) groups excluding carboxylic acids is 3. The highest BCUT2D eigenvalue weighted by Crippen LogP contribution is 2.25. The maximum absolute atomic E-state index is 12.3. The Bertz CT molecular complexity index is 539. The number of carbonyl (C=O) groups is 3. The molecular formula is C19H38N5O3+. The van der Waals surface area contributed by atoms with Gasteiger partial charge in [-0.15, -0.1) is 0 Å². The molecule has 0 aliphatic carbocycles. The fourth-order valence-electron chi connectivity index (χ4n) is 3.83. The molecule has 0 bridgehead atoms. The van der Waals surface area contributed by atoms with Gasteiger partial charge in [0.15, 0.2) is 6.04 Å². The molecule has 1 heterocycles. The molecule has 1 aliphatic rings. The van der Waals surface area contributed by atoms with Gasteiger partial charge in [0.2, 0.25) is 11.8 Å². The van der Waals surface area contributed by atoms with E-state index < -0.39 is 12.1 Å². The Hall–Kier alpha value is -1.67. The maximum atomic E-state index is 12.3. The predicted octanol–water partition coefficient (Wildman–Crippen LogP) is -0.289. The summed E-state index contributed by atoms with van der Waals surface area (Å²) in [5, 5.41) is 5.54. The number of hydrogen-bond acceptors (Lipinski definition) is 4. The summed E-state index contributed by atoms with van der Waals surface area (Å²) in [4.78, 5) is 36.1. The number of likely N-dealkylation sites (N-methyl/N-ethyl adjacent to an activating group) is 1. The number of quaternary nitrogens is 1. The van der Waals surface area contributed by atoms with Crippen LogP contribution in [-0.4, -0.2) is 67.0 Å². The molecule has 0 radical (unpaired) electrons. The van der Waals surface area contributed by atoms with Crippen molar-refractivity contribution >= 4 is 17.7 Å². The molecule has 1 aliphatic heterocycles. The standard InChI is InChI=1S/C19H37N5O3/c1-12(2)16(20)19(27)23-14(4)18(26)22-10-13(3)11-24(5)9-7-6-8-15(24)17(21)25/h12-16H,6-11,20H2,1-5H3,(H3-,21,22,23,25,26,27)/p+1/t13?,14?,15-,16+,24?/m1/s1. The van der Waals surface area contributed by atoms with Crippen molar-refractivity contribution in [3.8, 4) is 0 Å².